The van der Waals surface area contributed by atoms with Crippen molar-refractivity contribution in [3.8, 4) is 0 Å². The first-order valence-electron chi connectivity index (χ1n) is 5.33. The zero-order valence-corrected chi connectivity index (χ0v) is 9.08. The van der Waals surface area contributed by atoms with Crippen LogP contribution in [0.25, 0.3) is 0 Å². The minimum absolute atomic E-state index is 0.0596. The van der Waals surface area contributed by atoms with Gasteiger partial charge in [0.25, 0.3) is 0 Å². The Balaban J connectivity index is 2.98. The Morgan fingerprint density at radius 3 is 2.57 bits per heavy atom. The van der Waals surface area contributed by atoms with Gasteiger partial charge in [-0.25, -0.2) is 0 Å². The van der Waals surface area contributed by atoms with Gasteiger partial charge in [0, 0.05) is 19.3 Å². The average molecular weight is 205 g/mol. The van der Waals surface area contributed by atoms with Crippen LogP contribution in [0, 0.1) is 0 Å². The van der Waals surface area contributed by atoms with Gasteiger partial charge in [-0.2, -0.15) is 0 Å². The van der Waals surface area contributed by atoms with E-state index in [2.05, 4.69) is 6.92 Å². The summed E-state index contributed by atoms with van der Waals surface area (Å²) in [4.78, 5) is 0. The molecule has 0 rings (SSSR count). The summed E-state index contributed by atoms with van der Waals surface area (Å²) in [7, 11) is 0. The molecule has 0 aromatic heterocycles. The normalized spacial score (nSPS) is 13.1. The molecule has 0 saturated heterocycles. The quantitative estimate of drug-likeness (QED) is 0.511. The molecule has 0 amide bonds. The lowest BCUT2D eigenvalue weighted by atomic mass is 10.2. The zero-order chi connectivity index (χ0) is 10.6. The highest BCUT2D eigenvalue weighted by Gasteiger charge is 2.00. The van der Waals surface area contributed by atoms with Crippen LogP contribution in [-0.2, 0) is 9.47 Å². The van der Waals surface area contributed by atoms with E-state index in [-0.39, 0.29) is 12.6 Å². The summed E-state index contributed by atoms with van der Waals surface area (Å²) < 4.78 is 10.6. The smallest absolute Gasteiger partial charge is 0.0701 e. The maximum absolute atomic E-state index is 8.58. The Kier molecular flexibility index (Phi) is 10.8. The first-order valence-corrected chi connectivity index (χ1v) is 5.33. The molecule has 0 saturated carbocycles. The van der Waals surface area contributed by atoms with Gasteiger partial charge in [-0.15, -0.1) is 0 Å². The lowest BCUT2D eigenvalue weighted by Gasteiger charge is -2.10. The summed E-state index contributed by atoms with van der Waals surface area (Å²) in [6, 6.07) is -0.0596. The minimum Gasteiger partial charge on any atom is -0.396 e. The standard InChI is InChI=1S/C10H23NO3/c1-2-3-6-13-7-8-14-9-10(11)4-5-12/h10,12H,2-9,11H2,1H3. The van der Waals surface area contributed by atoms with Gasteiger partial charge in [0.15, 0.2) is 0 Å². The Morgan fingerprint density at radius 1 is 1.21 bits per heavy atom. The highest BCUT2D eigenvalue weighted by molar-refractivity contribution is 4.57. The molecule has 0 fully saturated rings. The highest BCUT2D eigenvalue weighted by atomic mass is 16.5. The number of hydrogen-bond acceptors (Lipinski definition) is 4. The number of nitrogens with two attached hydrogens (primary N) is 1. The third kappa shape index (κ3) is 9.92. The van der Waals surface area contributed by atoms with Crippen molar-refractivity contribution in [3.05, 3.63) is 0 Å². The summed E-state index contributed by atoms with van der Waals surface area (Å²) in [5.41, 5.74) is 5.62. The van der Waals surface area contributed by atoms with Crippen LogP contribution in [0.2, 0.25) is 0 Å². The second-order valence-corrected chi connectivity index (χ2v) is 3.31. The molecule has 0 heterocycles. The summed E-state index contributed by atoms with van der Waals surface area (Å²) in [5.74, 6) is 0. The molecule has 3 N–H and O–H groups in total. The van der Waals surface area contributed by atoms with Crippen LogP contribution in [0.3, 0.4) is 0 Å². The number of hydrogen-bond donors (Lipinski definition) is 2. The Labute approximate surface area is 86.4 Å². The van der Waals surface area contributed by atoms with E-state index in [9.17, 15) is 0 Å². The molecule has 0 aromatic rings. The van der Waals surface area contributed by atoms with Crippen molar-refractivity contribution in [1.29, 1.82) is 0 Å². The van der Waals surface area contributed by atoms with E-state index in [1.807, 2.05) is 0 Å². The molecule has 0 aromatic carbocycles. The van der Waals surface area contributed by atoms with Crippen LogP contribution in [0.5, 0.6) is 0 Å². The van der Waals surface area contributed by atoms with Crippen molar-refractivity contribution in [3.63, 3.8) is 0 Å². The van der Waals surface area contributed by atoms with Crippen LogP contribution in [0.1, 0.15) is 26.2 Å². The van der Waals surface area contributed by atoms with Gasteiger partial charge in [-0.3, -0.25) is 0 Å². The molecule has 1 atom stereocenters. The van der Waals surface area contributed by atoms with Crippen molar-refractivity contribution < 1.29 is 14.6 Å². The first-order chi connectivity index (χ1) is 6.81. The molecular weight excluding hydrogens is 182 g/mol. The molecule has 0 aliphatic heterocycles. The van der Waals surface area contributed by atoms with Crippen LogP contribution in [0.4, 0.5) is 0 Å². The van der Waals surface area contributed by atoms with Gasteiger partial charge in [0.05, 0.1) is 19.8 Å². The third-order valence-electron chi connectivity index (χ3n) is 1.85. The van der Waals surface area contributed by atoms with E-state index < -0.39 is 0 Å². The summed E-state index contributed by atoms with van der Waals surface area (Å²) in [6.07, 6.45) is 2.85. The molecular formula is C10H23NO3. The van der Waals surface area contributed by atoms with E-state index in [0.29, 0.717) is 26.2 Å². The number of aliphatic hydroxyl groups is 1. The van der Waals surface area contributed by atoms with E-state index >= 15 is 0 Å². The highest BCUT2D eigenvalue weighted by Crippen LogP contribution is 1.90. The molecule has 4 heteroatoms. The fourth-order valence-electron chi connectivity index (χ4n) is 0.950. The fraction of sp³-hybridized carbons (Fsp3) is 1.00. The van der Waals surface area contributed by atoms with Gasteiger partial charge in [0.1, 0.15) is 0 Å². The van der Waals surface area contributed by atoms with Gasteiger partial charge in [0.2, 0.25) is 0 Å². The maximum atomic E-state index is 8.58. The summed E-state index contributed by atoms with van der Waals surface area (Å²) in [6.45, 7) is 4.78. The molecule has 1 unspecified atom stereocenters. The molecule has 0 aliphatic rings. The Hall–Kier alpha value is -0.160. The maximum Gasteiger partial charge on any atom is 0.0701 e. The van der Waals surface area contributed by atoms with E-state index in [1.54, 1.807) is 0 Å². The number of ether oxygens (including phenoxy) is 2. The molecule has 4 nitrogen and oxygen atoms in total. The molecule has 14 heavy (non-hydrogen) atoms. The molecule has 0 aliphatic carbocycles. The predicted molar refractivity (Wildman–Crippen MR) is 56.2 cm³/mol. The van der Waals surface area contributed by atoms with Crippen LogP contribution < -0.4 is 5.73 Å². The monoisotopic (exact) mass is 205 g/mol. The summed E-state index contributed by atoms with van der Waals surface area (Å²) >= 11 is 0. The lowest BCUT2D eigenvalue weighted by molar-refractivity contribution is 0.0396. The third-order valence-corrected chi connectivity index (χ3v) is 1.85. The second-order valence-electron chi connectivity index (χ2n) is 3.31. The topological polar surface area (TPSA) is 64.7 Å². The average Bonchev–Trinajstić information content (AvgIpc) is 2.17. The van der Waals surface area contributed by atoms with Crippen molar-refractivity contribution in [2.45, 2.75) is 32.2 Å². The SMILES string of the molecule is CCCCOCCOCC(N)CCO. The van der Waals surface area contributed by atoms with Crippen LogP contribution in [0.15, 0.2) is 0 Å². The van der Waals surface area contributed by atoms with Gasteiger partial charge >= 0.3 is 0 Å². The Morgan fingerprint density at radius 2 is 1.93 bits per heavy atom. The second kappa shape index (κ2) is 10.9. The van der Waals surface area contributed by atoms with Gasteiger partial charge < -0.3 is 20.3 Å². The molecule has 86 valence electrons. The van der Waals surface area contributed by atoms with Crippen molar-refractivity contribution in [2.75, 3.05) is 33.0 Å². The van der Waals surface area contributed by atoms with Gasteiger partial charge in [-0.1, -0.05) is 13.3 Å². The number of aliphatic hydroxyl groups excluding tert-OH is 1. The van der Waals surface area contributed by atoms with Gasteiger partial charge in [-0.05, 0) is 12.8 Å². The predicted octanol–water partition coefficient (Wildman–Crippen LogP) is 0.529. The van der Waals surface area contributed by atoms with E-state index in [1.165, 1.54) is 0 Å². The van der Waals surface area contributed by atoms with Crippen molar-refractivity contribution >= 4 is 0 Å². The van der Waals surface area contributed by atoms with Crippen LogP contribution in [-0.4, -0.2) is 44.2 Å². The molecule has 0 spiro atoms. The zero-order valence-electron chi connectivity index (χ0n) is 9.08. The molecule has 0 bridgehead atoms. The largest absolute Gasteiger partial charge is 0.396 e. The van der Waals surface area contributed by atoms with E-state index in [0.717, 1.165) is 19.4 Å². The number of rotatable bonds is 10. The number of unbranched alkanes of at least 4 members (excludes halogenated alkanes) is 1. The fourth-order valence-corrected chi connectivity index (χ4v) is 0.950. The summed E-state index contributed by atoms with van der Waals surface area (Å²) in [5, 5.41) is 8.58. The van der Waals surface area contributed by atoms with Crippen LogP contribution >= 0.6 is 0 Å². The minimum atomic E-state index is -0.0596. The molecule has 0 radical (unpaired) electrons. The Bertz CT molecular complexity index is 112. The van der Waals surface area contributed by atoms with Crippen molar-refractivity contribution in [2.24, 2.45) is 5.73 Å². The lowest BCUT2D eigenvalue weighted by Crippen LogP contribution is -2.28. The van der Waals surface area contributed by atoms with E-state index in [4.69, 9.17) is 20.3 Å². The van der Waals surface area contributed by atoms with Crippen molar-refractivity contribution in [1.82, 2.24) is 0 Å². The first kappa shape index (κ1) is 13.8.